The van der Waals surface area contributed by atoms with Crippen molar-refractivity contribution < 1.29 is 4.79 Å². The van der Waals surface area contributed by atoms with Gasteiger partial charge in [0.2, 0.25) is 0 Å². The van der Waals surface area contributed by atoms with Gasteiger partial charge in [0.1, 0.15) is 0 Å². The molecule has 1 atom stereocenters. The molecule has 17 heavy (non-hydrogen) atoms. The average molecular weight is 228 g/mol. The predicted octanol–water partition coefficient (Wildman–Crippen LogP) is 2.11. The lowest BCUT2D eigenvalue weighted by atomic mass is 9.99. The first-order chi connectivity index (χ1) is 8.14. The number of nitriles is 1. The van der Waals surface area contributed by atoms with E-state index in [4.69, 9.17) is 5.26 Å². The van der Waals surface area contributed by atoms with Crippen LogP contribution in [-0.2, 0) is 4.79 Å². The first-order valence-electron chi connectivity index (χ1n) is 5.34. The van der Waals surface area contributed by atoms with Crippen LogP contribution in [0.2, 0.25) is 0 Å². The monoisotopic (exact) mass is 228 g/mol. The molecule has 0 bridgehead atoms. The molecule has 1 aliphatic heterocycles. The van der Waals surface area contributed by atoms with Gasteiger partial charge in [-0.25, -0.2) is 0 Å². The summed E-state index contributed by atoms with van der Waals surface area (Å²) < 4.78 is 0. The molecule has 86 valence electrons. The maximum absolute atomic E-state index is 12.0. The van der Waals surface area contributed by atoms with Crippen molar-refractivity contribution in [3.8, 4) is 6.07 Å². The van der Waals surface area contributed by atoms with Gasteiger partial charge in [0.05, 0.1) is 18.2 Å². The molecule has 1 aliphatic rings. The maximum Gasteiger partial charge on any atom is 0.253 e. The van der Waals surface area contributed by atoms with Crippen LogP contribution in [-0.4, -0.2) is 18.0 Å². The van der Waals surface area contributed by atoms with E-state index in [0.717, 1.165) is 0 Å². The molecule has 0 radical (unpaired) electrons. The fourth-order valence-corrected chi connectivity index (χ4v) is 1.58. The summed E-state index contributed by atoms with van der Waals surface area (Å²) in [7, 11) is 0. The zero-order valence-electron chi connectivity index (χ0n) is 9.47. The van der Waals surface area contributed by atoms with Crippen LogP contribution in [0.25, 0.3) is 0 Å². The van der Waals surface area contributed by atoms with E-state index in [2.05, 4.69) is 15.5 Å². The topological polar surface area (TPSA) is 77.6 Å². The minimum absolute atomic E-state index is 0.163. The molecule has 1 amide bonds. The van der Waals surface area contributed by atoms with Crippen LogP contribution in [0.15, 0.2) is 34.5 Å². The Morgan fingerprint density at radius 3 is 2.71 bits per heavy atom. The number of carbonyl (C=O) groups is 1. The van der Waals surface area contributed by atoms with Crippen LogP contribution in [0.1, 0.15) is 18.9 Å². The van der Waals surface area contributed by atoms with Crippen molar-refractivity contribution >= 4 is 11.6 Å². The van der Waals surface area contributed by atoms with Crippen molar-refractivity contribution in [3.05, 3.63) is 29.8 Å². The van der Waals surface area contributed by atoms with Crippen LogP contribution >= 0.6 is 0 Å². The zero-order valence-corrected chi connectivity index (χ0v) is 9.47. The molecule has 0 aliphatic carbocycles. The minimum atomic E-state index is -0.756. The van der Waals surface area contributed by atoms with Gasteiger partial charge in [0.15, 0.2) is 5.54 Å². The molecule has 0 saturated carbocycles. The summed E-state index contributed by atoms with van der Waals surface area (Å²) in [5, 5.41) is 19.2. The Morgan fingerprint density at radius 2 is 2.18 bits per heavy atom. The van der Waals surface area contributed by atoms with Crippen LogP contribution in [0.5, 0.6) is 0 Å². The van der Waals surface area contributed by atoms with Gasteiger partial charge in [-0.1, -0.05) is 0 Å². The molecule has 2 rings (SSSR count). The smallest absolute Gasteiger partial charge is 0.253 e. The van der Waals surface area contributed by atoms with Gasteiger partial charge >= 0.3 is 0 Å². The van der Waals surface area contributed by atoms with Crippen molar-refractivity contribution in [1.82, 2.24) is 0 Å². The van der Waals surface area contributed by atoms with Gasteiger partial charge in [-0.15, -0.1) is 0 Å². The van der Waals surface area contributed by atoms with Gasteiger partial charge in [-0.3, -0.25) is 4.79 Å². The number of nitrogens with zero attached hydrogens (tertiary/aromatic N) is 3. The van der Waals surface area contributed by atoms with Crippen molar-refractivity contribution in [2.24, 2.45) is 10.2 Å². The van der Waals surface area contributed by atoms with E-state index < -0.39 is 5.54 Å². The third kappa shape index (κ3) is 2.31. The molecular weight excluding hydrogens is 216 g/mol. The van der Waals surface area contributed by atoms with Gasteiger partial charge in [0.25, 0.3) is 5.91 Å². The third-order valence-electron chi connectivity index (χ3n) is 2.75. The van der Waals surface area contributed by atoms with Crippen molar-refractivity contribution in [2.75, 3.05) is 11.9 Å². The lowest BCUT2D eigenvalue weighted by Crippen LogP contribution is -2.36. The van der Waals surface area contributed by atoms with Crippen LogP contribution in [0.4, 0.5) is 5.69 Å². The summed E-state index contributed by atoms with van der Waals surface area (Å²) in [6, 6.07) is 8.75. The Morgan fingerprint density at radius 1 is 1.47 bits per heavy atom. The lowest BCUT2D eigenvalue weighted by molar-refractivity contribution is -0.120. The molecule has 1 N–H and O–H groups in total. The highest BCUT2D eigenvalue weighted by molar-refractivity contribution is 5.98. The van der Waals surface area contributed by atoms with Crippen molar-refractivity contribution in [1.29, 1.82) is 5.26 Å². The standard InChI is InChI=1S/C12H12N4O/c1-12(6-7-14-16-12)11(17)15-10-4-2-9(8-13)3-5-10/h2-5H,6-7H2,1H3,(H,15,17). The Kier molecular flexibility index (Phi) is 2.88. The summed E-state index contributed by atoms with van der Waals surface area (Å²) in [6.45, 7) is 2.36. The summed E-state index contributed by atoms with van der Waals surface area (Å²) >= 11 is 0. The van der Waals surface area contributed by atoms with Crippen molar-refractivity contribution in [3.63, 3.8) is 0 Å². The van der Waals surface area contributed by atoms with E-state index in [0.29, 0.717) is 24.2 Å². The lowest BCUT2D eigenvalue weighted by Gasteiger charge is -2.17. The Labute approximate surface area is 99.2 Å². The van der Waals surface area contributed by atoms with Gasteiger partial charge in [-0.2, -0.15) is 15.5 Å². The van der Waals surface area contributed by atoms with E-state index >= 15 is 0 Å². The first-order valence-corrected chi connectivity index (χ1v) is 5.34. The highest BCUT2D eigenvalue weighted by Crippen LogP contribution is 2.24. The molecule has 0 aromatic heterocycles. The van der Waals surface area contributed by atoms with E-state index in [9.17, 15) is 4.79 Å². The highest BCUT2D eigenvalue weighted by Gasteiger charge is 2.35. The molecule has 0 fully saturated rings. The van der Waals surface area contributed by atoms with E-state index in [1.165, 1.54) is 0 Å². The Balaban J connectivity index is 2.08. The molecule has 0 saturated heterocycles. The summed E-state index contributed by atoms with van der Waals surface area (Å²) in [4.78, 5) is 12.0. The second kappa shape index (κ2) is 4.34. The summed E-state index contributed by atoms with van der Waals surface area (Å²) in [5.74, 6) is -0.163. The van der Waals surface area contributed by atoms with E-state index in [-0.39, 0.29) is 5.91 Å². The van der Waals surface area contributed by atoms with Crippen LogP contribution in [0.3, 0.4) is 0 Å². The van der Waals surface area contributed by atoms with Gasteiger partial charge < -0.3 is 5.32 Å². The first kappa shape index (κ1) is 11.3. The van der Waals surface area contributed by atoms with Crippen molar-refractivity contribution in [2.45, 2.75) is 18.9 Å². The second-order valence-corrected chi connectivity index (χ2v) is 4.13. The molecule has 1 aromatic rings. The number of hydrogen-bond acceptors (Lipinski definition) is 4. The molecule has 0 spiro atoms. The SMILES string of the molecule is CC1(C(=O)Nc2ccc(C#N)cc2)CCN=N1. The fraction of sp³-hybridized carbons (Fsp3) is 0.333. The Bertz CT molecular complexity index is 500. The summed E-state index contributed by atoms with van der Waals surface area (Å²) in [5.41, 5.74) is 0.473. The van der Waals surface area contributed by atoms with Crippen LogP contribution in [0, 0.1) is 11.3 Å². The number of azo groups is 1. The number of nitrogens with one attached hydrogen (secondary N) is 1. The highest BCUT2D eigenvalue weighted by atomic mass is 16.2. The number of rotatable bonds is 2. The van der Waals surface area contributed by atoms with Gasteiger partial charge in [0, 0.05) is 12.1 Å². The van der Waals surface area contributed by atoms with Gasteiger partial charge in [-0.05, 0) is 31.2 Å². The fourth-order valence-electron chi connectivity index (χ4n) is 1.58. The largest absolute Gasteiger partial charge is 0.324 e. The molecule has 1 aromatic carbocycles. The third-order valence-corrected chi connectivity index (χ3v) is 2.75. The predicted molar refractivity (Wildman–Crippen MR) is 62.5 cm³/mol. The summed E-state index contributed by atoms with van der Waals surface area (Å²) in [6.07, 6.45) is 0.634. The molecule has 1 heterocycles. The maximum atomic E-state index is 12.0. The molecule has 5 nitrogen and oxygen atoms in total. The van der Waals surface area contributed by atoms with E-state index in [1.54, 1.807) is 31.2 Å². The minimum Gasteiger partial charge on any atom is -0.324 e. The molecular formula is C12H12N4O. The molecule has 5 heteroatoms. The quantitative estimate of drug-likeness (QED) is 0.841. The number of carbonyl (C=O) groups excluding carboxylic acids is 1. The number of amides is 1. The Hall–Kier alpha value is -2.22. The zero-order chi connectivity index (χ0) is 12.3. The number of hydrogen-bond donors (Lipinski definition) is 1. The van der Waals surface area contributed by atoms with E-state index in [1.807, 2.05) is 6.07 Å². The van der Waals surface area contributed by atoms with Crippen LogP contribution < -0.4 is 5.32 Å². The number of anilines is 1. The molecule has 1 unspecified atom stereocenters. The number of benzene rings is 1. The normalized spacial score (nSPS) is 22.1. The average Bonchev–Trinajstić information content (AvgIpc) is 2.78. The second-order valence-electron chi connectivity index (χ2n) is 4.13.